The maximum atomic E-state index is 11.8. The van der Waals surface area contributed by atoms with Crippen molar-refractivity contribution in [2.24, 2.45) is 0 Å². The van der Waals surface area contributed by atoms with Crippen LogP contribution in [0.2, 0.25) is 0 Å². The number of ether oxygens (including phenoxy) is 1. The molecule has 2 aromatic rings. The van der Waals surface area contributed by atoms with Gasteiger partial charge in [0, 0.05) is 0 Å². The number of benzene rings is 2. The van der Waals surface area contributed by atoms with E-state index in [0.29, 0.717) is 12.2 Å². The average molecular weight is 268 g/mol. The summed E-state index contributed by atoms with van der Waals surface area (Å²) in [6.45, 7) is 4.65. The second kappa shape index (κ2) is 6.90. The van der Waals surface area contributed by atoms with Crippen molar-refractivity contribution in [2.45, 2.75) is 26.7 Å². The van der Waals surface area contributed by atoms with Crippen molar-refractivity contribution in [1.82, 2.24) is 0 Å². The van der Waals surface area contributed by atoms with E-state index in [-0.39, 0.29) is 5.97 Å². The number of unbranched alkanes of at least 4 members (excludes halogenated alkanes) is 1. The molecule has 0 N–H and O–H groups in total. The molecule has 20 heavy (non-hydrogen) atoms. The van der Waals surface area contributed by atoms with E-state index in [2.05, 4.69) is 26.0 Å². The van der Waals surface area contributed by atoms with Crippen molar-refractivity contribution in [3.63, 3.8) is 0 Å². The number of hydrogen-bond acceptors (Lipinski definition) is 2. The lowest BCUT2D eigenvalue weighted by Crippen LogP contribution is -2.06. The second-order valence-electron chi connectivity index (χ2n) is 4.88. The van der Waals surface area contributed by atoms with Gasteiger partial charge in [-0.15, -0.1) is 0 Å². The Morgan fingerprint density at radius 3 is 2.40 bits per heavy atom. The van der Waals surface area contributed by atoms with Crippen LogP contribution >= 0.6 is 0 Å². The third kappa shape index (κ3) is 3.47. The highest BCUT2D eigenvalue weighted by atomic mass is 16.5. The molecule has 0 spiro atoms. The average Bonchev–Trinajstić information content (AvgIpc) is 2.48. The number of carbonyl (C=O) groups excluding carboxylic acids is 1. The SMILES string of the molecule is CCCCOC(=O)c1ccc(-c2ccccc2C)cc1. The smallest absolute Gasteiger partial charge is 0.338 e. The van der Waals surface area contributed by atoms with Crippen molar-refractivity contribution in [3.8, 4) is 11.1 Å². The highest BCUT2D eigenvalue weighted by Crippen LogP contribution is 2.23. The Bertz CT molecular complexity index is 570. The zero-order valence-electron chi connectivity index (χ0n) is 12.1. The van der Waals surface area contributed by atoms with E-state index in [1.54, 1.807) is 0 Å². The Hall–Kier alpha value is -2.09. The standard InChI is InChI=1S/C18H20O2/c1-3-4-13-20-18(19)16-11-9-15(10-12-16)17-8-6-5-7-14(17)2/h5-12H,3-4,13H2,1-2H3. The van der Waals surface area contributed by atoms with Crippen LogP contribution in [0.5, 0.6) is 0 Å². The quantitative estimate of drug-likeness (QED) is 0.584. The van der Waals surface area contributed by atoms with E-state index < -0.39 is 0 Å². The third-order valence-electron chi connectivity index (χ3n) is 3.31. The molecule has 2 aromatic carbocycles. The minimum Gasteiger partial charge on any atom is -0.462 e. The molecule has 2 heteroatoms. The lowest BCUT2D eigenvalue weighted by Gasteiger charge is -2.07. The van der Waals surface area contributed by atoms with E-state index in [1.165, 1.54) is 11.1 Å². The molecule has 0 aliphatic rings. The molecule has 0 unspecified atom stereocenters. The predicted octanol–water partition coefficient (Wildman–Crippen LogP) is 4.62. The van der Waals surface area contributed by atoms with Crippen LogP contribution in [0.15, 0.2) is 48.5 Å². The van der Waals surface area contributed by atoms with Crippen molar-refractivity contribution < 1.29 is 9.53 Å². The van der Waals surface area contributed by atoms with Gasteiger partial charge in [-0.3, -0.25) is 0 Å². The number of carbonyl (C=O) groups is 1. The summed E-state index contributed by atoms with van der Waals surface area (Å²) in [7, 11) is 0. The summed E-state index contributed by atoms with van der Waals surface area (Å²) in [5.41, 5.74) is 4.15. The molecule has 0 aromatic heterocycles. The van der Waals surface area contributed by atoms with Crippen LogP contribution in [0.3, 0.4) is 0 Å². The number of hydrogen-bond donors (Lipinski definition) is 0. The first-order chi connectivity index (χ1) is 9.72. The monoisotopic (exact) mass is 268 g/mol. The Morgan fingerprint density at radius 2 is 1.75 bits per heavy atom. The number of aryl methyl sites for hydroxylation is 1. The molecule has 0 aliphatic carbocycles. The van der Waals surface area contributed by atoms with E-state index in [9.17, 15) is 4.79 Å². The molecule has 0 bridgehead atoms. The van der Waals surface area contributed by atoms with Gasteiger partial charge in [0.25, 0.3) is 0 Å². The summed E-state index contributed by atoms with van der Waals surface area (Å²) in [4.78, 5) is 11.8. The zero-order valence-corrected chi connectivity index (χ0v) is 12.1. The largest absolute Gasteiger partial charge is 0.462 e. The molecule has 0 radical (unpaired) electrons. The van der Waals surface area contributed by atoms with Crippen molar-refractivity contribution in [1.29, 1.82) is 0 Å². The first-order valence-corrected chi connectivity index (χ1v) is 7.05. The molecule has 2 nitrogen and oxygen atoms in total. The molecule has 0 saturated carbocycles. The fourth-order valence-electron chi connectivity index (χ4n) is 2.08. The van der Waals surface area contributed by atoms with Gasteiger partial charge in [0.1, 0.15) is 0 Å². The Morgan fingerprint density at radius 1 is 1.05 bits per heavy atom. The predicted molar refractivity (Wildman–Crippen MR) is 81.8 cm³/mol. The Kier molecular flexibility index (Phi) is 4.94. The van der Waals surface area contributed by atoms with Crippen LogP contribution in [0.25, 0.3) is 11.1 Å². The van der Waals surface area contributed by atoms with Gasteiger partial charge in [-0.05, 0) is 42.2 Å². The molecular formula is C18H20O2. The number of esters is 1. The van der Waals surface area contributed by atoms with Crippen molar-refractivity contribution in [3.05, 3.63) is 59.7 Å². The van der Waals surface area contributed by atoms with Gasteiger partial charge in [0.2, 0.25) is 0 Å². The van der Waals surface area contributed by atoms with Crippen LogP contribution in [-0.4, -0.2) is 12.6 Å². The van der Waals surface area contributed by atoms with Gasteiger partial charge >= 0.3 is 5.97 Å². The van der Waals surface area contributed by atoms with Crippen LogP contribution in [0.1, 0.15) is 35.7 Å². The molecule has 0 amide bonds. The van der Waals surface area contributed by atoms with E-state index in [0.717, 1.165) is 18.4 Å². The van der Waals surface area contributed by atoms with Crippen LogP contribution < -0.4 is 0 Å². The van der Waals surface area contributed by atoms with E-state index >= 15 is 0 Å². The molecule has 0 saturated heterocycles. The molecule has 0 atom stereocenters. The summed E-state index contributed by atoms with van der Waals surface area (Å²) in [6.07, 6.45) is 1.94. The summed E-state index contributed by atoms with van der Waals surface area (Å²) in [5.74, 6) is -0.241. The second-order valence-corrected chi connectivity index (χ2v) is 4.88. The van der Waals surface area contributed by atoms with Gasteiger partial charge in [0.15, 0.2) is 0 Å². The van der Waals surface area contributed by atoms with Crippen molar-refractivity contribution >= 4 is 5.97 Å². The highest BCUT2D eigenvalue weighted by Gasteiger charge is 2.07. The molecule has 104 valence electrons. The minimum atomic E-state index is -0.241. The first kappa shape index (κ1) is 14.3. The Balaban J connectivity index is 2.10. The molecule has 0 heterocycles. The molecule has 0 fully saturated rings. The summed E-state index contributed by atoms with van der Waals surface area (Å²) < 4.78 is 5.20. The molecule has 2 rings (SSSR count). The van der Waals surface area contributed by atoms with E-state index in [4.69, 9.17) is 4.74 Å². The van der Waals surface area contributed by atoms with Gasteiger partial charge in [-0.1, -0.05) is 49.7 Å². The molecule has 0 aliphatic heterocycles. The Labute approximate surface area is 120 Å². The highest BCUT2D eigenvalue weighted by molar-refractivity contribution is 5.90. The van der Waals surface area contributed by atoms with E-state index in [1.807, 2.05) is 36.4 Å². The van der Waals surface area contributed by atoms with Gasteiger partial charge in [0.05, 0.1) is 12.2 Å². The third-order valence-corrected chi connectivity index (χ3v) is 3.31. The fourth-order valence-corrected chi connectivity index (χ4v) is 2.08. The van der Waals surface area contributed by atoms with Gasteiger partial charge in [-0.25, -0.2) is 4.79 Å². The minimum absolute atomic E-state index is 0.241. The van der Waals surface area contributed by atoms with Gasteiger partial charge in [-0.2, -0.15) is 0 Å². The van der Waals surface area contributed by atoms with Crippen LogP contribution in [0.4, 0.5) is 0 Å². The summed E-state index contributed by atoms with van der Waals surface area (Å²) >= 11 is 0. The zero-order chi connectivity index (χ0) is 14.4. The first-order valence-electron chi connectivity index (χ1n) is 7.05. The summed E-state index contributed by atoms with van der Waals surface area (Å²) in [5, 5.41) is 0. The normalized spacial score (nSPS) is 10.3. The maximum absolute atomic E-state index is 11.8. The van der Waals surface area contributed by atoms with Crippen molar-refractivity contribution in [2.75, 3.05) is 6.61 Å². The van der Waals surface area contributed by atoms with Crippen LogP contribution in [0, 0.1) is 6.92 Å². The lowest BCUT2D eigenvalue weighted by atomic mass is 10.00. The fraction of sp³-hybridized carbons (Fsp3) is 0.278. The topological polar surface area (TPSA) is 26.3 Å². The van der Waals surface area contributed by atoms with Crippen LogP contribution in [-0.2, 0) is 4.74 Å². The van der Waals surface area contributed by atoms with Gasteiger partial charge < -0.3 is 4.74 Å². The maximum Gasteiger partial charge on any atom is 0.338 e. The summed E-state index contributed by atoms with van der Waals surface area (Å²) in [6, 6.07) is 15.8. The lowest BCUT2D eigenvalue weighted by molar-refractivity contribution is 0.0500. The molecular weight excluding hydrogens is 248 g/mol. The number of rotatable bonds is 5.